The Morgan fingerprint density at radius 1 is 1.53 bits per heavy atom. The fourth-order valence-corrected chi connectivity index (χ4v) is 2.20. The van der Waals surface area contributed by atoms with Crippen molar-refractivity contribution in [1.82, 2.24) is 4.98 Å². The van der Waals surface area contributed by atoms with Gasteiger partial charge in [-0.2, -0.15) is 4.98 Å². The van der Waals surface area contributed by atoms with Gasteiger partial charge in [-0.15, -0.1) is 0 Å². The van der Waals surface area contributed by atoms with Gasteiger partial charge in [0.05, 0.1) is 0 Å². The molecule has 5 nitrogen and oxygen atoms in total. The minimum atomic E-state index is -1.40. The third-order valence-corrected chi connectivity index (χ3v) is 2.99. The third-order valence-electron chi connectivity index (χ3n) is 2.08. The molecule has 6 heteroatoms. The Hall–Kier alpha value is -2.08. The molecule has 0 fully saturated rings. The minimum absolute atomic E-state index is 0.0330. The number of carboxylic acid groups (broad SMARTS) is 1. The van der Waals surface area contributed by atoms with Crippen LogP contribution in [-0.4, -0.2) is 16.2 Å². The first-order valence-corrected chi connectivity index (χ1v) is 5.62. The zero-order chi connectivity index (χ0) is 12.4. The van der Waals surface area contributed by atoms with E-state index in [2.05, 4.69) is 9.72 Å². The largest absolute Gasteiger partial charge is 0.512 e. The number of carbonyl (C=O) groups is 1. The van der Waals surface area contributed by atoms with Gasteiger partial charge in [-0.25, -0.2) is 4.79 Å². The molecule has 0 spiro atoms. The molecule has 17 heavy (non-hydrogen) atoms. The first-order valence-electron chi connectivity index (χ1n) is 4.80. The number of rotatable bonds is 2. The van der Waals surface area contributed by atoms with Gasteiger partial charge < -0.3 is 15.6 Å². The number of nitrogens with two attached hydrogens (primary N) is 1. The van der Waals surface area contributed by atoms with E-state index in [1.54, 1.807) is 0 Å². The Kier molecular flexibility index (Phi) is 2.97. The number of ether oxygens (including phenoxy) is 1. The molecule has 0 saturated carbocycles. The molecule has 1 aromatic heterocycles. The predicted molar refractivity (Wildman–Crippen MR) is 65.4 cm³/mol. The van der Waals surface area contributed by atoms with Crippen LogP contribution in [0.1, 0.15) is 5.56 Å². The van der Waals surface area contributed by atoms with Crippen LogP contribution in [0.25, 0.3) is 10.4 Å². The second kappa shape index (κ2) is 4.42. The van der Waals surface area contributed by atoms with Gasteiger partial charge in [0.1, 0.15) is 4.88 Å². The minimum Gasteiger partial charge on any atom is -0.449 e. The van der Waals surface area contributed by atoms with E-state index in [4.69, 9.17) is 10.8 Å². The van der Waals surface area contributed by atoms with Gasteiger partial charge >= 0.3 is 6.16 Å². The summed E-state index contributed by atoms with van der Waals surface area (Å²) in [6.07, 6.45) is -1.40. The number of thiazole rings is 1. The van der Waals surface area contributed by atoms with Crippen molar-refractivity contribution in [2.75, 3.05) is 5.73 Å². The molecule has 1 aromatic carbocycles. The zero-order valence-corrected chi connectivity index (χ0v) is 9.82. The topological polar surface area (TPSA) is 85.4 Å². The Morgan fingerprint density at radius 3 is 2.94 bits per heavy atom. The summed E-state index contributed by atoms with van der Waals surface area (Å²) in [6, 6.07) is 7.60. The van der Waals surface area contributed by atoms with Crippen molar-refractivity contribution in [3.8, 4) is 16.3 Å². The summed E-state index contributed by atoms with van der Waals surface area (Å²) in [4.78, 5) is 15.0. The highest BCUT2D eigenvalue weighted by atomic mass is 32.1. The first kappa shape index (κ1) is 11.4. The third kappa shape index (κ3) is 2.54. The number of aryl methyl sites for hydroxylation is 1. The fraction of sp³-hybridized carbons (Fsp3) is 0.0909. The lowest BCUT2D eigenvalue weighted by molar-refractivity contribution is 0.143. The van der Waals surface area contributed by atoms with Gasteiger partial charge in [0.25, 0.3) is 0 Å². The summed E-state index contributed by atoms with van der Waals surface area (Å²) >= 11 is 1.20. The molecule has 0 aliphatic heterocycles. The Bertz CT molecular complexity index is 566. The van der Waals surface area contributed by atoms with E-state index in [0.29, 0.717) is 4.88 Å². The average molecular weight is 250 g/mol. The maximum atomic E-state index is 10.5. The van der Waals surface area contributed by atoms with E-state index < -0.39 is 6.16 Å². The number of anilines is 1. The number of nitrogens with zero attached hydrogens (tertiary/aromatic N) is 1. The summed E-state index contributed by atoms with van der Waals surface area (Å²) in [6.45, 7) is 1.95. The second-order valence-electron chi connectivity index (χ2n) is 3.42. The monoisotopic (exact) mass is 250 g/mol. The standard InChI is InChI=1S/C11H10N2O3S/c1-6-3-2-4-7(5-6)8-9(16-11(14)15)13-10(12)17-8/h2-5H,1H3,(H2,12,13)(H,14,15). The molecule has 88 valence electrons. The second-order valence-corrected chi connectivity index (χ2v) is 4.45. The summed E-state index contributed by atoms with van der Waals surface area (Å²) in [5.74, 6) is 0.0330. The average Bonchev–Trinajstić information content (AvgIpc) is 2.58. The molecular weight excluding hydrogens is 240 g/mol. The molecule has 0 amide bonds. The molecule has 0 bridgehead atoms. The molecular formula is C11H10N2O3S. The maximum Gasteiger partial charge on any atom is 0.512 e. The van der Waals surface area contributed by atoms with Crippen molar-refractivity contribution < 1.29 is 14.6 Å². The fourth-order valence-electron chi connectivity index (χ4n) is 1.44. The number of hydrogen-bond donors (Lipinski definition) is 2. The van der Waals surface area contributed by atoms with Gasteiger partial charge in [0.2, 0.25) is 5.88 Å². The lowest BCUT2D eigenvalue weighted by Crippen LogP contribution is -2.04. The molecule has 0 atom stereocenters. The molecule has 0 radical (unpaired) electrons. The van der Waals surface area contributed by atoms with Crippen LogP contribution in [0.4, 0.5) is 9.93 Å². The van der Waals surface area contributed by atoms with Gasteiger partial charge in [-0.05, 0) is 12.5 Å². The molecule has 0 saturated heterocycles. The van der Waals surface area contributed by atoms with E-state index in [1.165, 1.54) is 11.3 Å². The van der Waals surface area contributed by atoms with Crippen LogP contribution in [0.5, 0.6) is 5.88 Å². The highest BCUT2D eigenvalue weighted by Crippen LogP contribution is 2.37. The van der Waals surface area contributed by atoms with Crippen LogP contribution in [0, 0.1) is 6.92 Å². The summed E-state index contributed by atoms with van der Waals surface area (Å²) in [7, 11) is 0. The zero-order valence-electron chi connectivity index (χ0n) is 9.01. The van der Waals surface area contributed by atoms with Crippen molar-refractivity contribution in [2.45, 2.75) is 6.92 Å². The molecule has 0 unspecified atom stereocenters. The normalized spacial score (nSPS) is 10.2. The number of nitrogen functional groups attached to an aromatic ring is 1. The lowest BCUT2D eigenvalue weighted by Gasteiger charge is -2.01. The summed E-state index contributed by atoms with van der Waals surface area (Å²) < 4.78 is 4.60. The highest BCUT2D eigenvalue weighted by Gasteiger charge is 2.15. The van der Waals surface area contributed by atoms with Gasteiger partial charge in [0.15, 0.2) is 5.13 Å². The lowest BCUT2D eigenvalue weighted by atomic mass is 10.1. The van der Waals surface area contributed by atoms with E-state index in [-0.39, 0.29) is 11.0 Å². The molecule has 2 aromatic rings. The van der Waals surface area contributed by atoms with Crippen molar-refractivity contribution in [3.05, 3.63) is 29.8 Å². The molecule has 1 heterocycles. The molecule has 0 aliphatic carbocycles. The van der Waals surface area contributed by atoms with Crippen molar-refractivity contribution in [1.29, 1.82) is 0 Å². The smallest absolute Gasteiger partial charge is 0.449 e. The van der Waals surface area contributed by atoms with E-state index in [9.17, 15) is 4.79 Å². The number of hydrogen-bond acceptors (Lipinski definition) is 5. The quantitative estimate of drug-likeness (QED) is 0.800. The number of benzene rings is 1. The van der Waals surface area contributed by atoms with Crippen LogP contribution in [0.15, 0.2) is 24.3 Å². The van der Waals surface area contributed by atoms with E-state index in [0.717, 1.165) is 11.1 Å². The molecule has 2 rings (SSSR count). The van der Waals surface area contributed by atoms with Gasteiger partial charge in [-0.3, -0.25) is 0 Å². The summed E-state index contributed by atoms with van der Waals surface area (Å²) in [5, 5.41) is 8.88. The van der Waals surface area contributed by atoms with Crippen molar-refractivity contribution in [2.24, 2.45) is 0 Å². The van der Waals surface area contributed by atoms with E-state index in [1.807, 2.05) is 31.2 Å². The van der Waals surface area contributed by atoms with Crippen LogP contribution < -0.4 is 10.5 Å². The van der Waals surface area contributed by atoms with Crippen molar-refractivity contribution in [3.63, 3.8) is 0 Å². The Labute approximate surface area is 101 Å². The maximum absolute atomic E-state index is 10.5. The highest BCUT2D eigenvalue weighted by molar-refractivity contribution is 7.19. The first-order chi connectivity index (χ1) is 8.06. The predicted octanol–water partition coefficient (Wildman–Crippen LogP) is 2.76. The van der Waals surface area contributed by atoms with Crippen LogP contribution >= 0.6 is 11.3 Å². The van der Waals surface area contributed by atoms with Crippen molar-refractivity contribution >= 4 is 22.6 Å². The van der Waals surface area contributed by atoms with Crippen LogP contribution in [0.3, 0.4) is 0 Å². The number of aromatic nitrogens is 1. The SMILES string of the molecule is Cc1cccc(-c2sc(N)nc2OC(=O)O)c1. The Morgan fingerprint density at radius 2 is 2.29 bits per heavy atom. The Balaban J connectivity index is 2.47. The molecule has 3 N–H and O–H groups in total. The van der Waals surface area contributed by atoms with E-state index >= 15 is 0 Å². The molecule has 0 aliphatic rings. The summed E-state index contributed by atoms with van der Waals surface area (Å²) in [5.41, 5.74) is 7.47. The van der Waals surface area contributed by atoms with Gasteiger partial charge in [0, 0.05) is 0 Å². The van der Waals surface area contributed by atoms with Crippen LogP contribution in [-0.2, 0) is 0 Å². The van der Waals surface area contributed by atoms with Crippen LogP contribution in [0.2, 0.25) is 0 Å². The van der Waals surface area contributed by atoms with Gasteiger partial charge in [-0.1, -0.05) is 41.2 Å².